The number of carbonyl (C=O) groups excluding carboxylic acids is 1. The molecule has 0 aromatic carbocycles. The number of primary amides is 1. The highest BCUT2D eigenvalue weighted by molar-refractivity contribution is 5.73. The molecule has 1 amide bonds. The molecule has 11 heavy (non-hydrogen) atoms. The van der Waals surface area contributed by atoms with Crippen LogP contribution in [0.4, 0.5) is 0 Å². The first-order chi connectivity index (χ1) is 5.29. The van der Waals surface area contributed by atoms with E-state index in [2.05, 4.69) is 0 Å². The van der Waals surface area contributed by atoms with Gasteiger partial charge in [-0.25, -0.2) is 0 Å². The summed E-state index contributed by atoms with van der Waals surface area (Å²) in [6.45, 7) is 1.88. The summed E-state index contributed by atoms with van der Waals surface area (Å²) in [5.41, 5.74) is 4.97. The van der Waals surface area contributed by atoms with Crippen molar-refractivity contribution in [2.75, 3.05) is 19.8 Å². The van der Waals surface area contributed by atoms with E-state index in [1.54, 1.807) is 0 Å². The fourth-order valence-corrected chi connectivity index (χ4v) is 1.01. The lowest BCUT2D eigenvalue weighted by Crippen LogP contribution is -2.29. The van der Waals surface area contributed by atoms with Crippen LogP contribution in [0.2, 0.25) is 0 Å². The average molecular weight is 159 g/mol. The van der Waals surface area contributed by atoms with Gasteiger partial charge in [-0.3, -0.25) is 4.79 Å². The van der Waals surface area contributed by atoms with Gasteiger partial charge < -0.3 is 15.2 Å². The smallest absolute Gasteiger partial charge is 0.217 e. The molecule has 1 atom stereocenters. The van der Waals surface area contributed by atoms with Crippen molar-refractivity contribution in [2.45, 2.75) is 18.9 Å². The lowest BCUT2D eigenvalue weighted by molar-refractivity contribution is -0.121. The topological polar surface area (TPSA) is 61.6 Å². The van der Waals surface area contributed by atoms with Crippen molar-refractivity contribution in [2.24, 2.45) is 5.73 Å². The fourth-order valence-electron chi connectivity index (χ4n) is 1.01. The summed E-state index contributed by atoms with van der Waals surface area (Å²) < 4.78 is 10.4. The second kappa shape index (κ2) is 4.31. The number of hydrogen-bond donors (Lipinski definition) is 1. The van der Waals surface area contributed by atoms with Crippen LogP contribution in [0.1, 0.15) is 12.8 Å². The van der Waals surface area contributed by atoms with E-state index in [0.717, 1.165) is 0 Å². The summed E-state index contributed by atoms with van der Waals surface area (Å²) in [5.74, 6) is -0.279. The van der Waals surface area contributed by atoms with Crippen LogP contribution in [0, 0.1) is 0 Å². The SMILES string of the molecule is NC(=O)CC[C@@H]1COCCO1. The third kappa shape index (κ3) is 3.34. The standard InChI is InChI=1S/C7H13NO3/c8-7(9)2-1-6-5-10-3-4-11-6/h6H,1-5H2,(H2,8,9)/t6-/m1/s1. The Morgan fingerprint density at radius 1 is 1.55 bits per heavy atom. The van der Waals surface area contributed by atoms with Gasteiger partial charge in [0.15, 0.2) is 0 Å². The van der Waals surface area contributed by atoms with Crippen LogP contribution >= 0.6 is 0 Å². The highest BCUT2D eigenvalue weighted by atomic mass is 16.6. The van der Waals surface area contributed by atoms with Crippen molar-refractivity contribution in [3.63, 3.8) is 0 Å². The van der Waals surface area contributed by atoms with Gasteiger partial charge in [-0.1, -0.05) is 0 Å². The van der Waals surface area contributed by atoms with E-state index in [1.165, 1.54) is 0 Å². The van der Waals surface area contributed by atoms with Crippen LogP contribution in [0.25, 0.3) is 0 Å². The molecule has 1 aliphatic rings. The number of carbonyl (C=O) groups is 1. The zero-order valence-electron chi connectivity index (χ0n) is 6.41. The molecule has 1 rings (SSSR count). The Morgan fingerprint density at radius 3 is 2.91 bits per heavy atom. The molecule has 1 aliphatic heterocycles. The zero-order valence-corrected chi connectivity index (χ0v) is 6.41. The maximum absolute atomic E-state index is 10.4. The van der Waals surface area contributed by atoms with Gasteiger partial charge in [0.05, 0.1) is 25.9 Å². The molecule has 1 fully saturated rings. The summed E-state index contributed by atoms with van der Waals surface area (Å²) in [6, 6.07) is 0. The van der Waals surface area contributed by atoms with Gasteiger partial charge in [-0.15, -0.1) is 0 Å². The first-order valence-electron chi connectivity index (χ1n) is 3.76. The molecule has 0 spiro atoms. The van der Waals surface area contributed by atoms with Crippen molar-refractivity contribution in [3.8, 4) is 0 Å². The first-order valence-corrected chi connectivity index (χ1v) is 3.76. The van der Waals surface area contributed by atoms with Gasteiger partial charge in [-0.05, 0) is 6.42 Å². The Kier molecular flexibility index (Phi) is 3.32. The van der Waals surface area contributed by atoms with E-state index in [0.29, 0.717) is 32.7 Å². The van der Waals surface area contributed by atoms with Gasteiger partial charge in [0.2, 0.25) is 5.91 Å². The second-order valence-corrected chi connectivity index (χ2v) is 2.57. The molecule has 4 heteroatoms. The van der Waals surface area contributed by atoms with Gasteiger partial charge in [-0.2, -0.15) is 0 Å². The molecule has 0 unspecified atom stereocenters. The predicted octanol–water partition coefficient (Wildman–Crippen LogP) is -0.333. The van der Waals surface area contributed by atoms with E-state index in [-0.39, 0.29) is 12.0 Å². The Morgan fingerprint density at radius 2 is 2.36 bits per heavy atom. The maximum atomic E-state index is 10.4. The van der Waals surface area contributed by atoms with E-state index in [1.807, 2.05) is 0 Å². The number of ether oxygens (including phenoxy) is 2. The molecule has 1 saturated heterocycles. The molecule has 0 saturated carbocycles. The van der Waals surface area contributed by atoms with Crippen LogP contribution in [0.15, 0.2) is 0 Å². The Hall–Kier alpha value is -0.610. The Labute approximate surface area is 65.7 Å². The second-order valence-electron chi connectivity index (χ2n) is 2.57. The van der Waals surface area contributed by atoms with Crippen molar-refractivity contribution in [1.29, 1.82) is 0 Å². The summed E-state index contributed by atoms with van der Waals surface area (Å²) in [5, 5.41) is 0. The summed E-state index contributed by atoms with van der Waals surface area (Å²) >= 11 is 0. The summed E-state index contributed by atoms with van der Waals surface area (Å²) in [6.07, 6.45) is 1.12. The van der Waals surface area contributed by atoms with Crippen LogP contribution in [-0.2, 0) is 14.3 Å². The van der Waals surface area contributed by atoms with Gasteiger partial charge in [0, 0.05) is 6.42 Å². The molecular weight excluding hydrogens is 146 g/mol. The van der Waals surface area contributed by atoms with E-state index in [4.69, 9.17) is 15.2 Å². The monoisotopic (exact) mass is 159 g/mol. The molecule has 1 heterocycles. The Balaban J connectivity index is 2.09. The number of amides is 1. The fraction of sp³-hybridized carbons (Fsp3) is 0.857. The molecule has 0 aromatic heterocycles. The zero-order chi connectivity index (χ0) is 8.10. The van der Waals surface area contributed by atoms with E-state index in [9.17, 15) is 4.79 Å². The molecule has 64 valence electrons. The molecular formula is C7H13NO3. The number of nitrogens with two attached hydrogens (primary N) is 1. The molecule has 0 aromatic rings. The van der Waals surface area contributed by atoms with Crippen molar-refractivity contribution in [1.82, 2.24) is 0 Å². The summed E-state index contributed by atoms with van der Waals surface area (Å²) in [7, 11) is 0. The number of hydrogen-bond acceptors (Lipinski definition) is 3. The van der Waals surface area contributed by atoms with Crippen LogP contribution < -0.4 is 5.73 Å². The van der Waals surface area contributed by atoms with Gasteiger partial charge in [0.25, 0.3) is 0 Å². The highest BCUT2D eigenvalue weighted by Crippen LogP contribution is 2.06. The first kappa shape index (κ1) is 8.49. The van der Waals surface area contributed by atoms with Crippen molar-refractivity contribution >= 4 is 5.91 Å². The third-order valence-electron chi connectivity index (χ3n) is 1.60. The molecule has 0 aliphatic carbocycles. The molecule has 2 N–H and O–H groups in total. The normalized spacial score (nSPS) is 24.9. The summed E-state index contributed by atoms with van der Waals surface area (Å²) in [4.78, 5) is 10.4. The van der Waals surface area contributed by atoms with Gasteiger partial charge in [0.1, 0.15) is 0 Å². The molecule has 0 bridgehead atoms. The number of rotatable bonds is 3. The minimum absolute atomic E-state index is 0.0660. The predicted molar refractivity (Wildman–Crippen MR) is 39.0 cm³/mol. The largest absolute Gasteiger partial charge is 0.376 e. The quantitative estimate of drug-likeness (QED) is 0.613. The minimum Gasteiger partial charge on any atom is -0.376 e. The van der Waals surface area contributed by atoms with Crippen LogP contribution in [0.3, 0.4) is 0 Å². The average Bonchev–Trinajstić information content (AvgIpc) is 2.03. The minimum atomic E-state index is -0.279. The van der Waals surface area contributed by atoms with Crippen LogP contribution in [0.5, 0.6) is 0 Å². The lowest BCUT2D eigenvalue weighted by Gasteiger charge is -2.22. The third-order valence-corrected chi connectivity index (χ3v) is 1.60. The van der Waals surface area contributed by atoms with E-state index < -0.39 is 0 Å². The molecule has 0 radical (unpaired) electrons. The van der Waals surface area contributed by atoms with Gasteiger partial charge >= 0.3 is 0 Å². The Bertz CT molecular complexity index is 132. The maximum Gasteiger partial charge on any atom is 0.217 e. The van der Waals surface area contributed by atoms with Crippen LogP contribution in [-0.4, -0.2) is 31.8 Å². The van der Waals surface area contributed by atoms with Crippen molar-refractivity contribution in [3.05, 3.63) is 0 Å². The highest BCUT2D eigenvalue weighted by Gasteiger charge is 2.14. The molecule has 4 nitrogen and oxygen atoms in total. The van der Waals surface area contributed by atoms with E-state index >= 15 is 0 Å². The van der Waals surface area contributed by atoms with Crippen molar-refractivity contribution < 1.29 is 14.3 Å². The lowest BCUT2D eigenvalue weighted by atomic mass is 10.2.